The minimum Gasteiger partial charge on any atom is -0.354 e. The molecule has 3 heterocycles. The molecule has 0 atom stereocenters. The number of anilines is 1. The van der Waals surface area contributed by atoms with Crippen molar-refractivity contribution in [3.63, 3.8) is 0 Å². The Morgan fingerprint density at radius 1 is 1.03 bits per heavy atom. The van der Waals surface area contributed by atoms with Crippen LogP contribution < -0.4 is 5.32 Å². The second-order valence-electron chi connectivity index (χ2n) is 6.92. The van der Waals surface area contributed by atoms with Crippen molar-refractivity contribution in [2.24, 2.45) is 0 Å². The molecule has 0 aliphatic rings. The second kappa shape index (κ2) is 8.61. The number of hydrogen-bond donors (Lipinski definition) is 1. The molecule has 176 valence electrons. The number of nitrogens with one attached hydrogen (secondary N) is 1. The van der Waals surface area contributed by atoms with Crippen molar-refractivity contribution < 1.29 is 35.7 Å². The van der Waals surface area contributed by atoms with Gasteiger partial charge in [-0.05, 0) is 17.7 Å². The molecule has 0 aliphatic carbocycles. The second-order valence-corrected chi connectivity index (χ2v) is 6.92. The summed E-state index contributed by atoms with van der Waals surface area (Å²) in [5.41, 5.74) is -2.90. The van der Waals surface area contributed by atoms with Crippen molar-refractivity contribution in [2.75, 3.05) is 5.32 Å². The summed E-state index contributed by atoms with van der Waals surface area (Å²) in [6.45, 7) is -0.483. The highest BCUT2D eigenvalue weighted by Gasteiger charge is 2.38. The van der Waals surface area contributed by atoms with E-state index >= 15 is 0 Å². The van der Waals surface area contributed by atoms with E-state index in [1.165, 1.54) is 37.1 Å². The van der Waals surface area contributed by atoms with Crippen LogP contribution in [0.25, 0.3) is 11.5 Å². The number of carbonyl (C=O) groups excluding carboxylic acids is 1. The summed E-state index contributed by atoms with van der Waals surface area (Å²) in [7, 11) is 0. The minimum atomic E-state index is -5.01. The molecule has 1 amide bonds. The average molecular weight is 482 g/mol. The smallest absolute Gasteiger partial charge is 0.354 e. The topological polar surface area (TPSA) is 98.7 Å². The monoisotopic (exact) mass is 482 g/mol. The Hall–Kier alpha value is -4.23. The van der Waals surface area contributed by atoms with E-state index in [2.05, 4.69) is 25.5 Å². The van der Waals surface area contributed by atoms with Gasteiger partial charge in [0, 0.05) is 24.7 Å². The third-order valence-electron chi connectivity index (χ3n) is 4.52. The van der Waals surface area contributed by atoms with Gasteiger partial charge in [0.2, 0.25) is 0 Å². The number of aromatic nitrogens is 5. The lowest BCUT2D eigenvalue weighted by molar-refractivity contribution is -0.143. The molecule has 14 heteroatoms. The van der Waals surface area contributed by atoms with Crippen LogP contribution in [0.4, 0.5) is 32.0 Å². The highest BCUT2D eigenvalue weighted by atomic mass is 19.4. The molecule has 34 heavy (non-hydrogen) atoms. The fourth-order valence-corrected chi connectivity index (χ4v) is 2.97. The van der Waals surface area contributed by atoms with Gasteiger partial charge in [-0.3, -0.25) is 14.5 Å². The molecule has 8 nitrogen and oxygen atoms in total. The number of nitrogens with zero attached hydrogens (tertiary/aromatic N) is 5. The summed E-state index contributed by atoms with van der Waals surface area (Å²) in [4.78, 5) is 20.3. The zero-order valence-electron chi connectivity index (χ0n) is 16.7. The summed E-state index contributed by atoms with van der Waals surface area (Å²) in [5, 5.41) is 9.94. The fraction of sp³-hybridized carbons (Fsp3) is 0.150. The molecule has 0 spiro atoms. The van der Waals surface area contributed by atoms with Crippen LogP contribution in [0.3, 0.4) is 0 Å². The molecule has 0 saturated heterocycles. The molecule has 0 aliphatic heterocycles. The van der Waals surface area contributed by atoms with E-state index in [0.29, 0.717) is 11.8 Å². The summed E-state index contributed by atoms with van der Waals surface area (Å²) in [6.07, 6.45) is -3.26. The Kier molecular flexibility index (Phi) is 5.81. The largest absolute Gasteiger partial charge is 0.416 e. The van der Waals surface area contributed by atoms with Crippen LogP contribution in [0.15, 0.2) is 59.8 Å². The Balaban J connectivity index is 1.49. The van der Waals surface area contributed by atoms with Crippen molar-refractivity contribution in [1.82, 2.24) is 24.9 Å². The van der Waals surface area contributed by atoms with Gasteiger partial charge in [0.05, 0.1) is 35.8 Å². The highest BCUT2D eigenvalue weighted by Crippen LogP contribution is 2.37. The van der Waals surface area contributed by atoms with E-state index in [4.69, 9.17) is 4.52 Å². The van der Waals surface area contributed by atoms with Gasteiger partial charge in [0.25, 0.3) is 5.91 Å². The predicted octanol–water partition coefficient (Wildman–Crippen LogP) is 4.67. The van der Waals surface area contributed by atoms with E-state index in [1.807, 2.05) is 0 Å². The fourth-order valence-electron chi connectivity index (χ4n) is 2.97. The number of carbonyl (C=O) groups is 1. The molecule has 0 bridgehead atoms. The maximum absolute atomic E-state index is 13.3. The quantitative estimate of drug-likeness (QED) is 0.416. The number of amides is 1. The van der Waals surface area contributed by atoms with Crippen molar-refractivity contribution in [1.29, 1.82) is 0 Å². The Labute approximate surface area is 186 Å². The SMILES string of the molecule is O=C(Nc1cnn(Cc2ccc(C(F)(F)F)cc2C(F)(F)F)c1)c1cc(-c2cnccn2)on1. The maximum atomic E-state index is 13.3. The first-order valence-electron chi connectivity index (χ1n) is 9.35. The summed E-state index contributed by atoms with van der Waals surface area (Å²) < 4.78 is 84.6. The Bertz CT molecular complexity index is 1310. The van der Waals surface area contributed by atoms with Gasteiger partial charge >= 0.3 is 12.4 Å². The number of benzene rings is 1. The van der Waals surface area contributed by atoms with Gasteiger partial charge in [-0.2, -0.15) is 31.4 Å². The van der Waals surface area contributed by atoms with Crippen LogP contribution in [0.2, 0.25) is 0 Å². The first kappa shape index (κ1) is 22.9. The van der Waals surface area contributed by atoms with E-state index < -0.39 is 41.5 Å². The van der Waals surface area contributed by atoms with Crippen LogP contribution in [-0.4, -0.2) is 30.8 Å². The van der Waals surface area contributed by atoms with Gasteiger partial charge < -0.3 is 9.84 Å². The molecule has 4 aromatic rings. The zero-order valence-corrected chi connectivity index (χ0v) is 16.7. The standard InChI is InChI=1S/C20H12F6N6O2/c21-19(22,23)12-2-1-11(14(5-12)20(24,25)26)9-32-10-13(7-29-32)30-18(33)15-6-17(34-31-15)16-8-27-3-4-28-16/h1-8,10H,9H2,(H,30,33). The van der Waals surface area contributed by atoms with Crippen LogP contribution in [0.5, 0.6) is 0 Å². The molecule has 0 radical (unpaired) electrons. The first-order valence-corrected chi connectivity index (χ1v) is 9.35. The van der Waals surface area contributed by atoms with Gasteiger partial charge in [0.15, 0.2) is 11.5 Å². The summed E-state index contributed by atoms with van der Waals surface area (Å²) in [6, 6.07) is 2.69. The minimum absolute atomic E-state index is 0.0563. The van der Waals surface area contributed by atoms with Crippen LogP contribution >= 0.6 is 0 Å². The van der Waals surface area contributed by atoms with Crippen LogP contribution in [-0.2, 0) is 18.9 Å². The lowest BCUT2D eigenvalue weighted by Gasteiger charge is -2.16. The molecule has 0 saturated carbocycles. The lowest BCUT2D eigenvalue weighted by Crippen LogP contribution is -2.15. The Morgan fingerprint density at radius 3 is 2.50 bits per heavy atom. The number of rotatable bonds is 5. The number of halogens is 6. The number of alkyl halides is 6. The molecule has 4 rings (SSSR count). The van der Waals surface area contributed by atoms with Crippen molar-refractivity contribution in [3.8, 4) is 11.5 Å². The summed E-state index contributed by atoms with van der Waals surface area (Å²) in [5.74, 6) is -0.500. The van der Waals surface area contributed by atoms with E-state index in [0.717, 1.165) is 10.7 Å². The molecular weight excluding hydrogens is 470 g/mol. The van der Waals surface area contributed by atoms with Gasteiger partial charge in [0.1, 0.15) is 5.69 Å². The van der Waals surface area contributed by atoms with E-state index in [-0.39, 0.29) is 23.2 Å². The molecule has 0 fully saturated rings. The van der Waals surface area contributed by atoms with E-state index in [9.17, 15) is 31.1 Å². The molecule has 3 aromatic heterocycles. The normalized spacial score (nSPS) is 12.1. The molecule has 0 unspecified atom stereocenters. The molecular formula is C20H12F6N6O2. The maximum Gasteiger partial charge on any atom is 0.416 e. The highest BCUT2D eigenvalue weighted by molar-refractivity contribution is 6.03. The van der Waals surface area contributed by atoms with E-state index in [1.54, 1.807) is 0 Å². The average Bonchev–Trinajstić information content (AvgIpc) is 3.43. The summed E-state index contributed by atoms with van der Waals surface area (Å²) >= 11 is 0. The Morgan fingerprint density at radius 2 is 1.82 bits per heavy atom. The first-order chi connectivity index (χ1) is 16.0. The zero-order chi connectivity index (χ0) is 24.5. The van der Waals surface area contributed by atoms with Crippen molar-refractivity contribution in [3.05, 3.63) is 77.6 Å². The van der Waals surface area contributed by atoms with Crippen LogP contribution in [0.1, 0.15) is 27.2 Å². The molecule has 1 aromatic carbocycles. The predicted molar refractivity (Wildman–Crippen MR) is 103 cm³/mol. The molecule has 1 N–H and O–H groups in total. The van der Waals surface area contributed by atoms with Gasteiger partial charge in [-0.1, -0.05) is 11.2 Å². The third-order valence-corrected chi connectivity index (χ3v) is 4.52. The number of hydrogen-bond acceptors (Lipinski definition) is 6. The van der Waals surface area contributed by atoms with Gasteiger partial charge in [-0.15, -0.1) is 0 Å². The third kappa shape index (κ3) is 5.05. The van der Waals surface area contributed by atoms with Crippen molar-refractivity contribution >= 4 is 11.6 Å². The van der Waals surface area contributed by atoms with Crippen molar-refractivity contribution in [2.45, 2.75) is 18.9 Å². The van der Waals surface area contributed by atoms with Crippen LogP contribution in [0, 0.1) is 0 Å². The van der Waals surface area contributed by atoms with Gasteiger partial charge in [-0.25, -0.2) is 4.98 Å². The lowest BCUT2D eigenvalue weighted by atomic mass is 10.0.